The molecule has 0 aliphatic rings. The van der Waals surface area contributed by atoms with Crippen LogP contribution in [-0.2, 0) is 14.3 Å². The first kappa shape index (κ1) is 19.1. The Morgan fingerprint density at radius 1 is 1.10 bits per heavy atom. The van der Waals surface area contributed by atoms with Crippen LogP contribution in [0.2, 0.25) is 0 Å². The first-order chi connectivity index (χ1) is 9.57. The molecule has 1 atom stereocenters. The van der Waals surface area contributed by atoms with E-state index in [9.17, 15) is 9.90 Å². The highest BCUT2D eigenvalue weighted by Gasteiger charge is 2.09. The van der Waals surface area contributed by atoms with Gasteiger partial charge in [0, 0.05) is 12.2 Å². The van der Waals surface area contributed by atoms with Gasteiger partial charge in [-0.1, -0.05) is 52.0 Å². The molecule has 0 bridgehead atoms. The average molecular weight is 286 g/mol. The van der Waals surface area contributed by atoms with E-state index in [0.717, 1.165) is 6.42 Å². The Hall–Kier alpha value is -0.870. The Morgan fingerprint density at radius 2 is 1.70 bits per heavy atom. The molecule has 0 spiro atoms. The molecule has 20 heavy (non-hydrogen) atoms. The van der Waals surface area contributed by atoms with Crippen LogP contribution in [0.25, 0.3) is 0 Å². The highest BCUT2D eigenvalue weighted by Crippen LogP contribution is 2.06. The van der Waals surface area contributed by atoms with Crippen LogP contribution >= 0.6 is 0 Å². The van der Waals surface area contributed by atoms with Crippen LogP contribution < -0.4 is 0 Å². The van der Waals surface area contributed by atoms with Crippen LogP contribution in [-0.4, -0.2) is 37.0 Å². The Morgan fingerprint density at radius 3 is 2.30 bits per heavy atom. The normalized spacial score (nSPS) is 12.2. The second kappa shape index (κ2) is 13.1. The smallest absolute Gasteiger partial charge is 0.333 e. The minimum Gasteiger partial charge on any atom is -0.460 e. The second-order valence-corrected chi connectivity index (χ2v) is 5.23. The molecule has 4 heteroatoms. The molecule has 0 rings (SSSR count). The van der Waals surface area contributed by atoms with Gasteiger partial charge in [0.05, 0.1) is 6.61 Å². The van der Waals surface area contributed by atoms with Crippen LogP contribution in [0.3, 0.4) is 0 Å². The molecule has 0 saturated heterocycles. The first-order valence-corrected chi connectivity index (χ1v) is 7.66. The second-order valence-electron chi connectivity index (χ2n) is 5.23. The summed E-state index contributed by atoms with van der Waals surface area (Å²) in [6, 6.07) is 0. The van der Waals surface area contributed by atoms with Crippen molar-refractivity contribution in [2.45, 2.75) is 64.9 Å². The third-order valence-electron chi connectivity index (χ3n) is 2.96. The lowest BCUT2D eigenvalue weighted by Gasteiger charge is -2.11. The number of carbonyl (C=O) groups is 1. The van der Waals surface area contributed by atoms with Gasteiger partial charge in [0.15, 0.2) is 0 Å². The summed E-state index contributed by atoms with van der Waals surface area (Å²) in [7, 11) is 0. The number of aliphatic hydroxyl groups excluding tert-OH is 1. The van der Waals surface area contributed by atoms with Crippen LogP contribution in [0, 0.1) is 0 Å². The maximum Gasteiger partial charge on any atom is 0.333 e. The van der Waals surface area contributed by atoms with Crippen molar-refractivity contribution in [1.82, 2.24) is 0 Å². The van der Waals surface area contributed by atoms with E-state index in [-0.39, 0.29) is 13.2 Å². The van der Waals surface area contributed by atoms with E-state index in [1.807, 2.05) is 0 Å². The van der Waals surface area contributed by atoms with Crippen molar-refractivity contribution in [3.05, 3.63) is 12.2 Å². The van der Waals surface area contributed by atoms with E-state index in [2.05, 4.69) is 13.5 Å². The Labute approximate surface area is 123 Å². The Bertz CT molecular complexity index is 263. The molecule has 118 valence electrons. The summed E-state index contributed by atoms with van der Waals surface area (Å²) in [5.41, 5.74) is 0.334. The molecule has 0 radical (unpaired) electrons. The molecule has 0 aromatic carbocycles. The molecule has 0 aromatic heterocycles. The predicted molar refractivity (Wildman–Crippen MR) is 80.6 cm³/mol. The maximum atomic E-state index is 11.1. The first-order valence-electron chi connectivity index (χ1n) is 7.66. The fourth-order valence-corrected chi connectivity index (χ4v) is 1.72. The number of carbonyl (C=O) groups excluding carboxylic acids is 1. The van der Waals surface area contributed by atoms with E-state index < -0.39 is 12.1 Å². The maximum absolute atomic E-state index is 11.1. The summed E-state index contributed by atoms with van der Waals surface area (Å²) in [6.07, 6.45) is 7.90. The summed E-state index contributed by atoms with van der Waals surface area (Å²) < 4.78 is 10.2. The molecule has 0 fully saturated rings. The van der Waals surface area contributed by atoms with Crippen LogP contribution in [0.1, 0.15) is 58.8 Å². The summed E-state index contributed by atoms with van der Waals surface area (Å²) in [5.74, 6) is -0.476. The quantitative estimate of drug-likeness (QED) is 0.321. The summed E-state index contributed by atoms with van der Waals surface area (Å²) in [5, 5.41) is 9.55. The minimum absolute atomic E-state index is 0.0390. The number of esters is 1. The molecule has 0 amide bonds. The van der Waals surface area contributed by atoms with Gasteiger partial charge in [-0.3, -0.25) is 0 Å². The monoisotopic (exact) mass is 286 g/mol. The van der Waals surface area contributed by atoms with Crippen LogP contribution in [0.15, 0.2) is 12.2 Å². The van der Waals surface area contributed by atoms with Crippen molar-refractivity contribution in [3.8, 4) is 0 Å². The zero-order chi connectivity index (χ0) is 15.2. The van der Waals surface area contributed by atoms with Crippen molar-refractivity contribution >= 4 is 5.97 Å². The summed E-state index contributed by atoms with van der Waals surface area (Å²) in [4.78, 5) is 11.1. The highest BCUT2D eigenvalue weighted by atomic mass is 16.5. The van der Waals surface area contributed by atoms with Crippen LogP contribution in [0.4, 0.5) is 0 Å². The van der Waals surface area contributed by atoms with Crippen molar-refractivity contribution < 1.29 is 19.4 Å². The standard InChI is InChI=1S/C16H30O4/c1-4-5-6-7-8-9-10-11-19-12-15(17)13-20-16(18)14(2)3/h15,17H,2,4-13H2,1,3H3. The molecular weight excluding hydrogens is 256 g/mol. The van der Waals surface area contributed by atoms with Gasteiger partial charge in [-0.05, 0) is 13.3 Å². The Kier molecular flexibility index (Phi) is 12.6. The fourth-order valence-electron chi connectivity index (χ4n) is 1.72. The number of ether oxygens (including phenoxy) is 2. The van der Waals surface area contributed by atoms with Crippen molar-refractivity contribution in [2.24, 2.45) is 0 Å². The summed E-state index contributed by atoms with van der Waals surface area (Å²) >= 11 is 0. The average Bonchev–Trinajstić information content (AvgIpc) is 2.42. The van der Waals surface area contributed by atoms with Gasteiger partial charge in [-0.25, -0.2) is 4.79 Å². The van der Waals surface area contributed by atoms with Crippen molar-refractivity contribution in [2.75, 3.05) is 19.8 Å². The molecule has 0 saturated carbocycles. The lowest BCUT2D eigenvalue weighted by Crippen LogP contribution is -2.24. The van der Waals surface area contributed by atoms with Gasteiger partial charge in [-0.2, -0.15) is 0 Å². The molecule has 4 nitrogen and oxygen atoms in total. The molecule has 0 aliphatic carbocycles. The Balaban J connectivity index is 3.29. The van der Waals surface area contributed by atoms with Gasteiger partial charge in [0.25, 0.3) is 0 Å². The summed E-state index contributed by atoms with van der Waals surface area (Å²) in [6.45, 7) is 8.08. The molecule has 0 aromatic rings. The predicted octanol–water partition coefficient (Wildman–Crippen LogP) is 3.23. The molecular formula is C16H30O4. The molecule has 0 aliphatic heterocycles. The van der Waals surface area contributed by atoms with Gasteiger partial charge in [0.2, 0.25) is 0 Å². The third kappa shape index (κ3) is 12.2. The van der Waals surface area contributed by atoms with Crippen molar-refractivity contribution in [3.63, 3.8) is 0 Å². The topological polar surface area (TPSA) is 55.8 Å². The highest BCUT2D eigenvalue weighted by molar-refractivity contribution is 5.86. The van der Waals surface area contributed by atoms with Gasteiger partial charge < -0.3 is 14.6 Å². The SMILES string of the molecule is C=C(C)C(=O)OCC(O)COCCCCCCCCC. The van der Waals surface area contributed by atoms with Gasteiger partial charge >= 0.3 is 5.97 Å². The van der Waals surface area contributed by atoms with Gasteiger partial charge in [-0.15, -0.1) is 0 Å². The lowest BCUT2D eigenvalue weighted by atomic mass is 10.1. The van der Waals surface area contributed by atoms with E-state index in [4.69, 9.17) is 9.47 Å². The van der Waals surface area contributed by atoms with E-state index in [0.29, 0.717) is 12.2 Å². The van der Waals surface area contributed by atoms with E-state index in [1.165, 1.54) is 38.5 Å². The van der Waals surface area contributed by atoms with Crippen LogP contribution in [0.5, 0.6) is 0 Å². The molecule has 0 heterocycles. The number of aliphatic hydroxyl groups is 1. The van der Waals surface area contributed by atoms with Crippen molar-refractivity contribution in [1.29, 1.82) is 0 Å². The third-order valence-corrected chi connectivity index (χ3v) is 2.96. The van der Waals surface area contributed by atoms with Gasteiger partial charge in [0.1, 0.15) is 12.7 Å². The number of hydrogen-bond donors (Lipinski definition) is 1. The molecule has 1 unspecified atom stereocenters. The largest absolute Gasteiger partial charge is 0.460 e. The lowest BCUT2D eigenvalue weighted by molar-refractivity contribution is -0.143. The zero-order valence-electron chi connectivity index (χ0n) is 13.0. The van der Waals surface area contributed by atoms with E-state index in [1.54, 1.807) is 6.92 Å². The number of hydrogen-bond acceptors (Lipinski definition) is 4. The number of rotatable bonds is 13. The van der Waals surface area contributed by atoms with E-state index >= 15 is 0 Å². The zero-order valence-corrected chi connectivity index (χ0v) is 13.0. The fraction of sp³-hybridized carbons (Fsp3) is 0.812. The molecule has 1 N–H and O–H groups in total. The number of unbranched alkanes of at least 4 members (excludes halogenated alkanes) is 6. The minimum atomic E-state index is -0.761.